The molecule has 2 N–H and O–H groups in total. The number of benzene rings is 1. The van der Waals surface area contributed by atoms with Crippen LogP contribution in [0.1, 0.15) is 48.6 Å². The number of carbonyl (C=O) groups is 1. The van der Waals surface area contributed by atoms with Crippen molar-refractivity contribution in [2.75, 3.05) is 66.6 Å². The summed E-state index contributed by atoms with van der Waals surface area (Å²) in [7, 11) is 3.25. The quantitative estimate of drug-likeness (QED) is 0.507. The molecule has 2 fully saturated rings. The number of ether oxygens (including phenoxy) is 2. The fraction of sp³-hybridized carbons (Fsp3) is 0.615. The topological polar surface area (TPSA) is 94.8 Å². The van der Waals surface area contributed by atoms with Gasteiger partial charge in [0.15, 0.2) is 17.3 Å². The molecule has 0 amide bonds. The van der Waals surface area contributed by atoms with E-state index in [1.165, 1.54) is 5.56 Å². The van der Waals surface area contributed by atoms with E-state index in [0.29, 0.717) is 42.4 Å². The molecule has 1 aromatic carbocycles. The molecule has 1 unspecified atom stereocenters. The molecule has 0 bridgehead atoms. The number of rotatable bonds is 10. The van der Waals surface area contributed by atoms with Gasteiger partial charge in [-0.15, -0.1) is 0 Å². The normalized spacial score (nSPS) is 22.6. The van der Waals surface area contributed by atoms with E-state index >= 15 is 0 Å². The number of nitrogens with zero attached hydrogens (tertiary/aromatic N) is 3. The Morgan fingerprint density at radius 1 is 0.971 bits per heavy atom. The lowest BCUT2D eigenvalue weighted by atomic mass is 9.80. The third-order valence-corrected chi connectivity index (χ3v) is 7.18. The van der Waals surface area contributed by atoms with Gasteiger partial charge in [-0.1, -0.05) is 0 Å². The number of aliphatic hydroxyl groups excluding tert-OH is 2. The van der Waals surface area contributed by atoms with Crippen LogP contribution in [-0.4, -0.2) is 98.7 Å². The van der Waals surface area contributed by atoms with E-state index in [-0.39, 0.29) is 24.1 Å². The number of ketones is 1. The molecule has 1 aromatic rings. The zero-order valence-electron chi connectivity index (χ0n) is 20.3. The van der Waals surface area contributed by atoms with Gasteiger partial charge in [-0.3, -0.25) is 19.6 Å². The molecular formula is C26H37N3O5. The molecule has 0 spiro atoms. The largest absolute Gasteiger partial charge is 0.511 e. The van der Waals surface area contributed by atoms with Crippen LogP contribution in [0.15, 0.2) is 28.5 Å². The standard InChI is InChI=1S/C26H37N3O5/c1-33-25-15-20(18-3-4-18)21(16-26(25)34-2)19-13-23(31)22(24(32)14-19)17-27-5-6-28-7-9-29(10-8-28)11-12-30/h15-19,30-31H,3-14H2,1-2H3. The van der Waals surface area contributed by atoms with E-state index < -0.39 is 0 Å². The summed E-state index contributed by atoms with van der Waals surface area (Å²) in [4.78, 5) is 22.0. The van der Waals surface area contributed by atoms with Gasteiger partial charge in [0.05, 0.1) is 32.9 Å². The second kappa shape index (κ2) is 11.3. The van der Waals surface area contributed by atoms with E-state index in [2.05, 4.69) is 14.8 Å². The number of β-amino-alcohol motifs (C(OH)–C–C–N with tert-alkyl or cyclic N) is 1. The predicted molar refractivity (Wildman–Crippen MR) is 131 cm³/mol. The minimum Gasteiger partial charge on any atom is -0.511 e. The van der Waals surface area contributed by atoms with Crippen LogP contribution < -0.4 is 9.47 Å². The predicted octanol–water partition coefficient (Wildman–Crippen LogP) is 2.52. The SMILES string of the molecule is COc1cc(C2CC2)c(C2CC(=O)C(C=NCCN3CCN(CCO)CC3)=C(O)C2)cc1OC. The van der Waals surface area contributed by atoms with E-state index in [1.54, 1.807) is 20.4 Å². The minimum atomic E-state index is -0.0738. The van der Waals surface area contributed by atoms with E-state index in [1.807, 2.05) is 12.1 Å². The molecule has 0 radical (unpaired) electrons. The van der Waals surface area contributed by atoms with Crippen LogP contribution in [0.4, 0.5) is 0 Å². The Hall–Kier alpha value is -2.42. The Morgan fingerprint density at radius 2 is 1.56 bits per heavy atom. The van der Waals surface area contributed by atoms with Crippen molar-refractivity contribution < 1.29 is 24.5 Å². The summed E-state index contributed by atoms with van der Waals surface area (Å²) in [5.41, 5.74) is 2.63. The Balaban J connectivity index is 1.39. The highest BCUT2D eigenvalue weighted by molar-refractivity contribution is 6.14. The van der Waals surface area contributed by atoms with Crippen molar-refractivity contribution in [1.82, 2.24) is 9.80 Å². The maximum atomic E-state index is 13.0. The van der Waals surface area contributed by atoms with Gasteiger partial charge in [-0.05, 0) is 47.9 Å². The van der Waals surface area contributed by atoms with Gasteiger partial charge in [-0.25, -0.2) is 0 Å². The third kappa shape index (κ3) is 5.79. The molecule has 3 aliphatic rings. The lowest BCUT2D eigenvalue weighted by Crippen LogP contribution is -2.47. The van der Waals surface area contributed by atoms with Crippen LogP contribution >= 0.6 is 0 Å². The van der Waals surface area contributed by atoms with E-state index in [9.17, 15) is 9.90 Å². The monoisotopic (exact) mass is 471 g/mol. The molecule has 1 heterocycles. The van der Waals surface area contributed by atoms with Crippen LogP contribution in [0, 0.1) is 0 Å². The molecule has 2 aliphatic carbocycles. The molecule has 186 valence electrons. The number of methoxy groups -OCH3 is 2. The number of hydrogen-bond donors (Lipinski definition) is 2. The molecular weight excluding hydrogens is 434 g/mol. The van der Waals surface area contributed by atoms with Gasteiger partial charge in [0.25, 0.3) is 0 Å². The van der Waals surface area contributed by atoms with Crippen molar-refractivity contribution >= 4 is 12.0 Å². The first-order valence-corrected chi connectivity index (χ1v) is 12.3. The summed E-state index contributed by atoms with van der Waals surface area (Å²) in [5, 5.41) is 19.8. The van der Waals surface area contributed by atoms with Gasteiger partial charge in [0, 0.05) is 58.3 Å². The van der Waals surface area contributed by atoms with Crippen LogP contribution in [0.3, 0.4) is 0 Å². The summed E-state index contributed by atoms with van der Waals surface area (Å²) < 4.78 is 11.0. The Labute approximate surface area is 201 Å². The molecule has 8 nitrogen and oxygen atoms in total. The molecule has 4 rings (SSSR count). The number of hydrogen-bond acceptors (Lipinski definition) is 8. The zero-order valence-corrected chi connectivity index (χ0v) is 20.3. The van der Waals surface area contributed by atoms with Crippen LogP contribution in [-0.2, 0) is 4.79 Å². The summed E-state index contributed by atoms with van der Waals surface area (Å²) in [6, 6.07) is 4.02. The molecule has 1 atom stereocenters. The minimum absolute atomic E-state index is 0.0633. The van der Waals surface area contributed by atoms with E-state index in [0.717, 1.165) is 57.7 Å². The number of Topliss-reactive ketones (excluding diaryl/α,β-unsaturated/α-hetero) is 1. The highest BCUT2D eigenvalue weighted by atomic mass is 16.5. The van der Waals surface area contributed by atoms with Gasteiger partial charge in [-0.2, -0.15) is 0 Å². The number of carbonyl (C=O) groups excluding carboxylic acids is 1. The van der Waals surface area contributed by atoms with Crippen molar-refractivity contribution in [2.24, 2.45) is 4.99 Å². The fourth-order valence-electron chi connectivity index (χ4n) is 5.02. The number of aliphatic hydroxyl groups is 2. The van der Waals surface area contributed by atoms with Crippen molar-refractivity contribution in [1.29, 1.82) is 0 Å². The second-order valence-corrected chi connectivity index (χ2v) is 9.44. The highest BCUT2D eigenvalue weighted by Crippen LogP contribution is 2.49. The number of piperazine rings is 1. The first-order chi connectivity index (χ1) is 16.5. The maximum absolute atomic E-state index is 13.0. The summed E-state index contributed by atoms with van der Waals surface area (Å²) in [5.74, 6) is 1.84. The highest BCUT2D eigenvalue weighted by Gasteiger charge is 2.34. The van der Waals surface area contributed by atoms with Crippen molar-refractivity contribution in [3.8, 4) is 11.5 Å². The molecule has 0 aromatic heterocycles. The van der Waals surface area contributed by atoms with Crippen LogP contribution in [0.25, 0.3) is 0 Å². The van der Waals surface area contributed by atoms with E-state index in [4.69, 9.17) is 14.6 Å². The average molecular weight is 472 g/mol. The Kier molecular flexibility index (Phi) is 8.24. The lowest BCUT2D eigenvalue weighted by molar-refractivity contribution is -0.116. The van der Waals surface area contributed by atoms with Gasteiger partial charge >= 0.3 is 0 Å². The first kappa shape index (κ1) is 24.7. The van der Waals surface area contributed by atoms with Crippen molar-refractivity contribution in [2.45, 2.75) is 37.5 Å². The van der Waals surface area contributed by atoms with Crippen LogP contribution in [0.2, 0.25) is 0 Å². The molecule has 34 heavy (non-hydrogen) atoms. The van der Waals surface area contributed by atoms with Gasteiger partial charge in [0.2, 0.25) is 0 Å². The van der Waals surface area contributed by atoms with Crippen LogP contribution in [0.5, 0.6) is 11.5 Å². The average Bonchev–Trinajstić information content (AvgIpc) is 3.69. The lowest BCUT2D eigenvalue weighted by Gasteiger charge is -2.33. The van der Waals surface area contributed by atoms with Gasteiger partial charge < -0.3 is 19.7 Å². The zero-order chi connectivity index (χ0) is 24.1. The molecule has 1 saturated heterocycles. The second-order valence-electron chi connectivity index (χ2n) is 9.44. The number of aliphatic imine (C=N–C) groups is 1. The Bertz CT molecular complexity index is 933. The number of allylic oxidation sites excluding steroid dienone is 2. The fourth-order valence-corrected chi connectivity index (χ4v) is 5.02. The smallest absolute Gasteiger partial charge is 0.168 e. The summed E-state index contributed by atoms with van der Waals surface area (Å²) >= 11 is 0. The third-order valence-electron chi connectivity index (χ3n) is 7.18. The van der Waals surface area contributed by atoms with Crippen molar-refractivity contribution in [3.63, 3.8) is 0 Å². The summed E-state index contributed by atoms with van der Waals surface area (Å²) in [6.45, 7) is 6.17. The summed E-state index contributed by atoms with van der Waals surface area (Å²) in [6.07, 6.45) is 4.62. The molecule has 1 saturated carbocycles. The molecule has 8 heteroatoms. The molecule has 1 aliphatic heterocycles. The first-order valence-electron chi connectivity index (χ1n) is 12.3. The van der Waals surface area contributed by atoms with Gasteiger partial charge in [0.1, 0.15) is 5.76 Å². The van der Waals surface area contributed by atoms with Crippen molar-refractivity contribution in [3.05, 3.63) is 34.6 Å². The maximum Gasteiger partial charge on any atom is 0.168 e. The Morgan fingerprint density at radius 3 is 2.09 bits per heavy atom.